The van der Waals surface area contributed by atoms with Gasteiger partial charge in [-0.25, -0.2) is 4.79 Å². The third kappa shape index (κ3) is 5.09. The third-order valence-electron chi connectivity index (χ3n) is 3.47. The van der Waals surface area contributed by atoms with Gasteiger partial charge in [-0.15, -0.1) is 13.2 Å². The molecule has 0 bridgehead atoms. The van der Waals surface area contributed by atoms with Crippen LogP contribution in [0.5, 0.6) is 5.75 Å². The molecule has 2 aromatic rings. The van der Waals surface area contributed by atoms with Crippen LogP contribution in [0.15, 0.2) is 48.5 Å². The van der Waals surface area contributed by atoms with Gasteiger partial charge in [-0.2, -0.15) is 0 Å². The van der Waals surface area contributed by atoms with Gasteiger partial charge in [-0.1, -0.05) is 31.2 Å². The number of halogens is 3. The predicted octanol–water partition coefficient (Wildman–Crippen LogP) is 5.07. The highest BCUT2D eigenvalue weighted by atomic mass is 19.4. The lowest BCUT2D eigenvalue weighted by molar-refractivity contribution is -0.342. The molecular weight excluding hydrogens is 321 g/mol. The first kappa shape index (κ1) is 18.0. The molecule has 2 aromatic carbocycles. The van der Waals surface area contributed by atoms with E-state index >= 15 is 0 Å². The van der Waals surface area contributed by atoms with E-state index in [0.717, 1.165) is 12.0 Å². The number of carbonyl (C=O) groups excluding carboxylic acids is 1. The number of hydrogen-bond acceptors (Lipinski definition) is 3. The van der Waals surface area contributed by atoms with Gasteiger partial charge in [0.2, 0.25) is 0 Å². The number of esters is 1. The highest BCUT2D eigenvalue weighted by Crippen LogP contribution is 2.27. The maximum absolute atomic E-state index is 12.2. The van der Waals surface area contributed by atoms with Gasteiger partial charge in [0.1, 0.15) is 5.75 Å². The largest absolute Gasteiger partial charge is 0.523 e. The Labute approximate surface area is 138 Å². The summed E-state index contributed by atoms with van der Waals surface area (Å²) in [5, 5.41) is 0. The van der Waals surface area contributed by atoms with E-state index in [9.17, 15) is 18.0 Å². The summed E-state index contributed by atoms with van der Waals surface area (Å²) in [4.78, 5) is 12.0. The first-order valence-electron chi connectivity index (χ1n) is 7.44. The minimum Gasteiger partial charge on any atom is -0.423 e. The van der Waals surface area contributed by atoms with Gasteiger partial charge in [-0.05, 0) is 48.7 Å². The van der Waals surface area contributed by atoms with Gasteiger partial charge in [-0.3, -0.25) is 4.74 Å². The maximum atomic E-state index is 12.2. The molecule has 0 N–H and O–H groups in total. The van der Waals surface area contributed by atoms with Crippen LogP contribution in [0.4, 0.5) is 13.2 Å². The Balaban J connectivity index is 2.02. The van der Waals surface area contributed by atoms with Crippen LogP contribution in [-0.2, 0) is 11.2 Å². The highest BCUT2D eigenvalue weighted by Gasteiger charge is 2.32. The lowest BCUT2D eigenvalue weighted by Crippen LogP contribution is -2.16. The fourth-order valence-electron chi connectivity index (χ4n) is 2.12. The van der Waals surface area contributed by atoms with Crippen LogP contribution >= 0.6 is 0 Å². The molecule has 0 saturated heterocycles. The second-order valence-electron chi connectivity index (χ2n) is 5.21. The quantitative estimate of drug-likeness (QED) is 0.564. The topological polar surface area (TPSA) is 35.5 Å². The highest BCUT2D eigenvalue weighted by molar-refractivity contribution is 5.91. The molecule has 0 heterocycles. The Morgan fingerprint density at radius 2 is 1.62 bits per heavy atom. The molecule has 0 aliphatic heterocycles. The Hall–Kier alpha value is -2.34. The van der Waals surface area contributed by atoms with E-state index in [1.54, 1.807) is 12.1 Å². The smallest absolute Gasteiger partial charge is 0.423 e. The van der Waals surface area contributed by atoms with Gasteiger partial charge in [0.05, 0.1) is 11.7 Å². The summed E-state index contributed by atoms with van der Waals surface area (Å²) in [5.74, 6) is -0.162. The molecular formula is C18H17F3O3. The van der Waals surface area contributed by atoms with Crippen molar-refractivity contribution in [3.8, 4) is 5.75 Å². The van der Waals surface area contributed by atoms with Crippen molar-refractivity contribution < 1.29 is 27.4 Å². The summed E-state index contributed by atoms with van der Waals surface area (Å²) in [6.45, 7) is 3.31. The SMILES string of the molecule is CCc1ccc(OC(=O)c2ccc(C(C)OC(F)(F)F)cc2)cc1. The van der Waals surface area contributed by atoms with Crippen molar-refractivity contribution >= 4 is 5.97 Å². The van der Waals surface area contributed by atoms with E-state index in [1.807, 2.05) is 19.1 Å². The van der Waals surface area contributed by atoms with E-state index in [4.69, 9.17) is 4.74 Å². The van der Waals surface area contributed by atoms with Crippen LogP contribution in [0.25, 0.3) is 0 Å². The van der Waals surface area contributed by atoms with Crippen molar-refractivity contribution in [3.05, 3.63) is 65.2 Å². The number of ether oxygens (including phenoxy) is 2. The van der Waals surface area contributed by atoms with Gasteiger partial charge in [0.15, 0.2) is 0 Å². The van der Waals surface area contributed by atoms with Crippen molar-refractivity contribution in [1.82, 2.24) is 0 Å². The molecule has 0 fully saturated rings. The van der Waals surface area contributed by atoms with E-state index in [1.165, 1.54) is 31.2 Å². The number of carbonyl (C=O) groups is 1. The molecule has 128 valence electrons. The first-order chi connectivity index (χ1) is 11.3. The lowest BCUT2D eigenvalue weighted by atomic mass is 10.1. The summed E-state index contributed by atoms with van der Waals surface area (Å²) in [5.41, 5.74) is 1.69. The zero-order valence-electron chi connectivity index (χ0n) is 13.3. The van der Waals surface area contributed by atoms with Gasteiger partial charge in [0.25, 0.3) is 0 Å². The summed E-state index contributed by atoms with van der Waals surface area (Å²) < 4.78 is 45.8. The fraction of sp³-hybridized carbons (Fsp3) is 0.278. The Morgan fingerprint density at radius 3 is 2.12 bits per heavy atom. The standard InChI is InChI=1S/C18H17F3O3/c1-3-13-4-10-16(11-5-13)23-17(22)15-8-6-14(7-9-15)12(2)24-18(19,20)21/h4-12H,3H2,1-2H3. The molecule has 0 aliphatic carbocycles. The Bertz CT molecular complexity index is 676. The van der Waals surface area contributed by atoms with Gasteiger partial charge in [0, 0.05) is 0 Å². The summed E-state index contributed by atoms with van der Waals surface area (Å²) in [6, 6.07) is 12.8. The predicted molar refractivity (Wildman–Crippen MR) is 82.8 cm³/mol. The van der Waals surface area contributed by atoms with Crippen LogP contribution in [0.1, 0.15) is 41.4 Å². The molecule has 1 unspecified atom stereocenters. The second kappa shape index (κ2) is 7.49. The molecule has 6 heteroatoms. The van der Waals surface area contributed by atoms with Crippen molar-refractivity contribution in [3.63, 3.8) is 0 Å². The average Bonchev–Trinajstić information content (AvgIpc) is 2.54. The molecule has 0 saturated carbocycles. The van der Waals surface area contributed by atoms with Crippen molar-refractivity contribution in [2.24, 2.45) is 0 Å². The molecule has 0 aliphatic rings. The normalized spacial score (nSPS) is 12.7. The Kier molecular flexibility index (Phi) is 5.62. The van der Waals surface area contributed by atoms with E-state index < -0.39 is 18.4 Å². The third-order valence-corrected chi connectivity index (χ3v) is 3.47. The van der Waals surface area contributed by atoms with Crippen LogP contribution < -0.4 is 4.74 Å². The van der Waals surface area contributed by atoms with Crippen LogP contribution in [0.3, 0.4) is 0 Å². The average molecular weight is 338 g/mol. The maximum Gasteiger partial charge on any atom is 0.523 e. The zero-order chi connectivity index (χ0) is 17.7. The summed E-state index contributed by atoms with van der Waals surface area (Å²) in [7, 11) is 0. The summed E-state index contributed by atoms with van der Waals surface area (Å²) in [6.07, 6.45) is -4.98. The molecule has 0 amide bonds. The minimum atomic E-state index is -4.71. The molecule has 1 atom stereocenters. The summed E-state index contributed by atoms with van der Waals surface area (Å²) >= 11 is 0. The number of alkyl halides is 3. The number of hydrogen-bond donors (Lipinski definition) is 0. The van der Waals surface area contributed by atoms with E-state index in [2.05, 4.69) is 4.74 Å². The fourth-order valence-corrected chi connectivity index (χ4v) is 2.12. The molecule has 3 nitrogen and oxygen atoms in total. The molecule has 0 spiro atoms. The van der Waals surface area contributed by atoms with E-state index in [-0.39, 0.29) is 5.56 Å². The van der Waals surface area contributed by atoms with Crippen LogP contribution in [0, 0.1) is 0 Å². The van der Waals surface area contributed by atoms with Crippen LogP contribution in [0.2, 0.25) is 0 Å². The van der Waals surface area contributed by atoms with Crippen molar-refractivity contribution in [1.29, 1.82) is 0 Å². The molecule has 0 aromatic heterocycles. The van der Waals surface area contributed by atoms with Crippen LogP contribution in [-0.4, -0.2) is 12.3 Å². The lowest BCUT2D eigenvalue weighted by Gasteiger charge is -2.15. The zero-order valence-corrected chi connectivity index (χ0v) is 13.3. The monoisotopic (exact) mass is 338 g/mol. The number of rotatable bonds is 5. The number of benzene rings is 2. The van der Waals surface area contributed by atoms with Crippen molar-refractivity contribution in [2.45, 2.75) is 32.7 Å². The van der Waals surface area contributed by atoms with E-state index in [0.29, 0.717) is 11.3 Å². The second-order valence-corrected chi connectivity index (χ2v) is 5.21. The molecule has 24 heavy (non-hydrogen) atoms. The van der Waals surface area contributed by atoms with Gasteiger partial charge >= 0.3 is 12.3 Å². The Morgan fingerprint density at radius 1 is 1.04 bits per heavy atom. The minimum absolute atomic E-state index is 0.248. The number of aryl methyl sites for hydroxylation is 1. The molecule has 2 rings (SSSR count). The van der Waals surface area contributed by atoms with Gasteiger partial charge < -0.3 is 4.74 Å². The van der Waals surface area contributed by atoms with Crippen molar-refractivity contribution in [2.75, 3.05) is 0 Å². The first-order valence-corrected chi connectivity index (χ1v) is 7.44. The molecule has 0 radical (unpaired) electrons.